The second-order valence-corrected chi connectivity index (χ2v) is 7.35. The van der Waals surface area contributed by atoms with Crippen LogP contribution in [0.1, 0.15) is 55.4 Å². The Kier molecular flexibility index (Phi) is 2.82. The lowest BCUT2D eigenvalue weighted by Crippen LogP contribution is -2.82. The SMILES string of the molecule is CN1C(C)(C)C(C)(C)N(C)C(C)(C)C1(C)C. The summed E-state index contributed by atoms with van der Waals surface area (Å²) in [5.41, 5.74) is 0.614. The first kappa shape index (κ1) is 14.0. The highest BCUT2D eigenvalue weighted by Crippen LogP contribution is 2.49. The van der Waals surface area contributed by atoms with Crippen LogP contribution in [0.5, 0.6) is 0 Å². The Labute approximate surface area is 102 Å². The summed E-state index contributed by atoms with van der Waals surface area (Å²) < 4.78 is 0. The average molecular weight is 226 g/mol. The molecule has 1 fully saturated rings. The van der Waals surface area contributed by atoms with E-state index in [1.807, 2.05) is 0 Å². The van der Waals surface area contributed by atoms with E-state index in [0.717, 1.165) is 0 Å². The molecule has 2 heteroatoms. The van der Waals surface area contributed by atoms with Crippen molar-refractivity contribution in [2.24, 2.45) is 0 Å². The Hall–Kier alpha value is -0.0800. The minimum absolute atomic E-state index is 0.154. The first-order chi connectivity index (χ1) is 6.81. The zero-order chi connectivity index (χ0) is 13.2. The zero-order valence-electron chi connectivity index (χ0n) is 12.9. The molecule has 0 spiro atoms. The van der Waals surface area contributed by atoms with Gasteiger partial charge in [0, 0.05) is 22.2 Å². The summed E-state index contributed by atoms with van der Waals surface area (Å²) in [4.78, 5) is 5.08. The van der Waals surface area contributed by atoms with Gasteiger partial charge in [-0.2, -0.15) is 0 Å². The maximum atomic E-state index is 2.54. The Morgan fingerprint density at radius 1 is 0.438 bits per heavy atom. The van der Waals surface area contributed by atoms with E-state index in [1.54, 1.807) is 0 Å². The van der Waals surface area contributed by atoms with Crippen LogP contribution in [0.2, 0.25) is 0 Å². The van der Waals surface area contributed by atoms with E-state index in [0.29, 0.717) is 0 Å². The van der Waals surface area contributed by atoms with E-state index in [9.17, 15) is 0 Å². The van der Waals surface area contributed by atoms with Crippen molar-refractivity contribution in [3.8, 4) is 0 Å². The number of likely N-dealkylation sites (N-methyl/N-ethyl adjacent to an activating group) is 2. The Morgan fingerprint density at radius 2 is 0.562 bits per heavy atom. The van der Waals surface area contributed by atoms with Crippen LogP contribution in [0.4, 0.5) is 0 Å². The molecule has 1 aliphatic rings. The van der Waals surface area contributed by atoms with Crippen molar-refractivity contribution in [2.75, 3.05) is 14.1 Å². The monoisotopic (exact) mass is 226 g/mol. The maximum absolute atomic E-state index is 2.54. The van der Waals surface area contributed by atoms with Gasteiger partial charge in [-0.3, -0.25) is 9.80 Å². The number of nitrogens with zero attached hydrogens (tertiary/aromatic N) is 2. The van der Waals surface area contributed by atoms with Gasteiger partial charge in [0.2, 0.25) is 0 Å². The molecule has 1 saturated heterocycles. The molecule has 0 aromatic heterocycles. The van der Waals surface area contributed by atoms with E-state index >= 15 is 0 Å². The van der Waals surface area contributed by atoms with Crippen LogP contribution in [0, 0.1) is 0 Å². The van der Waals surface area contributed by atoms with Gasteiger partial charge >= 0.3 is 0 Å². The molecule has 1 aliphatic heterocycles. The van der Waals surface area contributed by atoms with Crippen molar-refractivity contribution >= 4 is 0 Å². The largest absolute Gasteiger partial charge is 0.292 e. The van der Waals surface area contributed by atoms with Gasteiger partial charge in [0.1, 0.15) is 0 Å². The van der Waals surface area contributed by atoms with Crippen LogP contribution in [0.15, 0.2) is 0 Å². The van der Waals surface area contributed by atoms with E-state index in [2.05, 4.69) is 79.3 Å². The van der Waals surface area contributed by atoms with Crippen molar-refractivity contribution in [3.63, 3.8) is 0 Å². The zero-order valence-corrected chi connectivity index (χ0v) is 12.9. The normalized spacial score (nSPS) is 32.6. The molecule has 96 valence electrons. The standard InChI is InChI=1S/C14H30N2/c1-11(2)12(3,4)16(10)14(7,8)13(5,6)15(11)9/h1-10H3. The molecular weight excluding hydrogens is 196 g/mol. The van der Waals surface area contributed by atoms with Crippen molar-refractivity contribution in [3.05, 3.63) is 0 Å². The van der Waals surface area contributed by atoms with Gasteiger partial charge < -0.3 is 0 Å². The van der Waals surface area contributed by atoms with E-state index in [4.69, 9.17) is 0 Å². The molecule has 0 aromatic rings. The van der Waals surface area contributed by atoms with Gasteiger partial charge in [0.15, 0.2) is 0 Å². The molecule has 1 rings (SSSR count). The quantitative estimate of drug-likeness (QED) is 0.626. The lowest BCUT2D eigenvalue weighted by atomic mass is 9.66. The van der Waals surface area contributed by atoms with E-state index < -0.39 is 0 Å². The Bertz CT molecular complexity index is 229. The average Bonchev–Trinajstić information content (AvgIpc) is 2.13. The molecule has 0 saturated carbocycles. The third-order valence-corrected chi connectivity index (χ3v) is 6.35. The van der Waals surface area contributed by atoms with Crippen LogP contribution < -0.4 is 0 Å². The molecule has 0 radical (unpaired) electrons. The molecule has 0 atom stereocenters. The van der Waals surface area contributed by atoms with Gasteiger partial charge in [0.05, 0.1) is 0 Å². The fourth-order valence-electron chi connectivity index (χ4n) is 3.04. The van der Waals surface area contributed by atoms with E-state index in [1.165, 1.54) is 0 Å². The van der Waals surface area contributed by atoms with Gasteiger partial charge in [-0.25, -0.2) is 0 Å². The fourth-order valence-corrected chi connectivity index (χ4v) is 3.04. The first-order valence-corrected chi connectivity index (χ1v) is 6.29. The van der Waals surface area contributed by atoms with Crippen LogP contribution in [-0.4, -0.2) is 46.1 Å². The molecule has 1 heterocycles. The molecule has 0 amide bonds. The second-order valence-electron chi connectivity index (χ2n) is 7.35. The first-order valence-electron chi connectivity index (χ1n) is 6.29. The Morgan fingerprint density at radius 3 is 0.688 bits per heavy atom. The molecule has 0 unspecified atom stereocenters. The van der Waals surface area contributed by atoms with Crippen molar-refractivity contribution in [1.82, 2.24) is 9.80 Å². The lowest BCUT2D eigenvalue weighted by molar-refractivity contribution is -0.191. The third kappa shape index (κ3) is 1.32. The summed E-state index contributed by atoms with van der Waals surface area (Å²) in [5.74, 6) is 0. The summed E-state index contributed by atoms with van der Waals surface area (Å²) in [6, 6.07) is 0. The van der Waals surface area contributed by atoms with Crippen molar-refractivity contribution in [2.45, 2.75) is 77.5 Å². The highest BCUT2D eigenvalue weighted by atomic mass is 15.4. The smallest absolute Gasteiger partial charge is 0.0334 e. The summed E-state index contributed by atoms with van der Waals surface area (Å²) in [6.07, 6.45) is 0. The molecule has 16 heavy (non-hydrogen) atoms. The summed E-state index contributed by atoms with van der Waals surface area (Å²) in [7, 11) is 4.52. The van der Waals surface area contributed by atoms with Crippen LogP contribution in [-0.2, 0) is 0 Å². The Balaban J connectivity index is 3.39. The minimum Gasteiger partial charge on any atom is -0.292 e. The van der Waals surface area contributed by atoms with Crippen LogP contribution in [0.3, 0.4) is 0 Å². The predicted octanol–water partition coefficient (Wildman–Crippen LogP) is 2.98. The highest BCUT2D eigenvalue weighted by molar-refractivity contribution is 5.18. The van der Waals surface area contributed by atoms with Gasteiger partial charge in [0.25, 0.3) is 0 Å². The van der Waals surface area contributed by atoms with Crippen molar-refractivity contribution < 1.29 is 0 Å². The summed E-state index contributed by atoms with van der Waals surface area (Å²) >= 11 is 0. The molecule has 0 aliphatic carbocycles. The molecule has 2 nitrogen and oxygen atoms in total. The minimum atomic E-state index is 0.154. The highest BCUT2D eigenvalue weighted by Gasteiger charge is 2.60. The van der Waals surface area contributed by atoms with Crippen molar-refractivity contribution in [1.29, 1.82) is 0 Å². The van der Waals surface area contributed by atoms with Crippen LogP contribution in [0.25, 0.3) is 0 Å². The summed E-state index contributed by atoms with van der Waals surface area (Å²) in [5, 5.41) is 0. The van der Waals surface area contributed by atoms with Gasteiger partial charge in [-0.15, -0.1) is 0 Å². The number of rotatable bonds is 0. The molecular formula is C14H30N2. The molecule has 0 bridgehead atoms. The topological polar surface area (TPSA) is 6.48 Å². The maximum Gasteiger partial charge on any atom is 0.0334 e. The van der Waals surface area contributed by atoms with Crippen LogP contribution >= 0.6 is 0 Å². The summed E-state index contributed by atoms with van der Waals surface area (Å²) in [6.45, 7) is 18.8. The number of hydrogen-bond donors (Lipinski definition) is 0. The fraction of sp³-hybridized carbons (Fsp3) is 1.00. The lowest BCUT2D eigenvalue weighted by Gasteiger charge is -2.70. The third-order valence-electron chi connectivity index (χ3n) is 6.35. The molecule has 0 N–H and O–H groups in total. The second kappa shape index (κ2) is 3.23. The van der Waals surface area contributed by atoms with Gasteiger partial charge in [-0.05, 0) is 69.5 Å². The van der Waals surface area contributed by atoms with E-state index in [-0.39, 0.29) is 22.2 Å². The van der Waals surface area contributed by atoms with Gasteiger partial charge in [-0.1, -0.05) is 0 Å². The predicted molar refractivity (Wildman–Crippen MR) is 71.8 cm³/mol. The number of piperazine rings is 1. The number of hydrogen-bond acceptors (Lipinski definition) is 2. The molecule has 0 aromatic carbocycles.